The number of alkyl carbamates (subject to hydrolysis) is 1. The molecule has 0 spiro atoms. The Morgan fingerprint density at radius 1 is 1.25 bits per heavy atom. The Bertz CT molecular complexity index is 1240. The predicted molar refractivity (Wildman–Crippen MR) is 139 cm³/mol. The number of carbonyl (C=O) groups is 2. The summed E-state index contributed by atoms with van der Waals surface area (Å²) in [6.45, 7) is 10.9. The van der Waals surface area contributed by atoms with E-state index < -0.39 is 17.7 Å². The van der Waals surface area contributed by atoms with Crippen LogP contribution in [0.25, 0.3) is 11.0 Å². The molecule has 2 aromatic rings. The first-order valence-electron chi connectivity index (χ1n) is 12.3. The minimum Gasteiger partial charge on any atom is -0.444 e. The number of fused-ring (bicyclic) bond motifs is 1. The van der Waals surface area contributed by atoms with Gasteiger partial charge in [0.15, 0.2) is 0 Å². The number of unbranched alkanes of at least 4 members (excludes halogenated alkanes) is 1. The lowest BCUT2D eigenvalue weighted by molar-refractivity contribution is -0.124. The molecule has 194 valence electrons. The highest BCUT2D eigenvalue weighted by Crippen LogP contribution is 2.26. The van der Waals surface area contributed by atoms with Crippen LogP contribution in [-0.4, -0.2) is 46.5 Å². The molecule has 0 aliphatic carbocycles. The van der Waals surface area contributed by atoms with Gasteiger partial charge in [0.2, 0.25) is 5.91 Å². The van der Waals surface area contributed by atoms with Gasteiger partial charge < -0.3 is 20.1 Å². The Morgan fingerprint density at radius 2 is 2.03 bits per heavy atom. The molecule has 3 rings (SSSR count). The van der Waals surface area contributed by atoms with Gasteiger partial charge >= 0.3 is 11.8 Å². The number of hydrogen-bond donors (Lipinski definition) is 2. The second-order valence-corrected chi connectivity index (χ2v) is 9.83. The third kappa shape index (κ3) is 7.01. The van der Waals surface area contributed by atoms with E-state index in [9.17, 15) is 14.4 Å². The highest BCUT2D eigenvalue weighted by Gasteiger charge is 2.29. The Kier molecular flexibility index (Phi) is 8.99. The van der Waals surface area contributed by atoms with Gasteiger partial charge in [-0.3, -0.25) is 13.9 Å². The van der Waals surface area contributed by atoms with E-state index in [1.54, 1.807) is 16.2 Å². The van der Waals surface area contributed by atoms with Crippen LogP contribution in [0.5, 0.6) is 0 Å². The first kappa shape index (κ1) is 27.1. The number of aryl methyl sites for hydroxylation is 1. The summed E-state index contributed by atoms with van der Waals surface area (Å²) in [7, 11) is 1.70. The number of amides is 2. The van der Waals surface area contributed by atoms with E-state index in [4.69, 9.17) is 9.47 Å². The average molecular weight is 497 g/mol. The van der Waals surface area contributed by atoms with E-state index in [0.717, 1.165) is 18.4 Å². The van der Waals surface area contributed by atoms with Crippen molar-refractivity contribution in [2.75, 3.05) is 19.8 Å². The molecule has 1 fully saturated rings. The molecule has 0 saturated carbocycles. The lowest BCUT2D eigenvalue weighted by atomic mass is 10.0. The zero-order valence-electron chi connectivity index (χ0n) is 21.6. The smallest absolute Gasteiger partial charge is 0.407 e. The highest BCUT2D eigenvalue weighted by atomic mass is 16.6. The normalized spacial score (nSPS) is 15.8. The number of para-hydroxylation sites is 1. The topological polar surface area (TPSA) is 104 Å². The summed E-state index contributed by atoms with van der Waals surface area (Å²) in [6, 6.07) is 5.01. The molecule has 1 atom stereocenters. The molecule has 1 saturated heterocycles. The van der Waals surface area contributed by atoms with Crippen LogP contribution in [0.3, 0.4) is 0 Å². The largest absolute Gasteiger partial charge is 0.444 e. The van der Waals surface area contributed by atoms with Crippen molar-refractivity contribution in [2.45, 2.75) is 64.5 Å². The molecule has 1 aliphatic rings. The molecule has 36 heavy (non-hydrogen) atoms. The minimum atomic E-state index is -0.567. The summed E-state index contributed by atoms with van der Waals surface area (Å²) in [6.07, 6.45) is 2.93. The van der Waals surface area contributed by atoms with Gasteiger partial charge in [-0.15, -0.1) is 0 Å². The molecule has 2 heterocycles. The maximum atomic E-state index is 13.0. The monoisotopic (exact) mass is 496 g/mol. The third-order valence-electron chi connectivity index (χ3n) is 5.71. The van der Waals surface area contributed by atoms with Gasteiger partial charge in [-0.25, -0.2) is 9.59 Å². The van der Waals surface area contributed by atoms with Crippen molar-refractivity contribution in [3.8, 4) is 11.8 Å². The fourth-order valence-corrected chi connectivity index (χ4v) is 4.07. The molecule has 1 unspecified atom stereocenters. The van der Waals surface area contributed by atoms with Gasteiger partial charge in [-0.1, -0.05) is 24.5 Å². The van der Waals surface area contributed by atoms with Gasteiger partial charge in [0.05, 0.1) is 23.2 Å². The number of allylic oxidation sites excluding steroid dienone is 1. The van der Waals surface area contributed by atoms with Gasteiger partial charge in [0.1, 0.15) is 11.6 Å². The van der Waals surface area contributed by atoms with Gasteiger partial charge in [0.25, 0.3) is 0 Å². The lowest BCUT2D eigenvalue weighted by Gasteiger charge is -2.24. The van der Waals surface area contributed by atoms with Gasteiger partial charge in [0, 0.05) is 32.3 Å². The fourth-order valence-electron chi connectivity index (χ4n) is 4.07. The fraction of sp³-hybridized carbons (Fsp3) is 0.519. The Labute approximate surface area is 211 Å². The summed E-state index contributed by atoms with van der Waals surface area (Å²) >= 11 is 0. The van der Waals surface area contributed by atoms with Crippen LogP contribution in [0.1, 0.15) is 64.5 Å². The number of rotatable bonds is 8. The molecular weight excluding hydrogens is 460 g/mol. The molecule has 1 aromatic heterocycles. The van der Waals surface area contributed by atoms with Crippen LogP contribution in [0.15, 0.2) is 35.3 Å². The molecular formula is C27H36N4O5. The van der Waals surface area contributed by atoms with Crippen LogP contribution < -0.4 is 16.3 Å². The lowest BCUT2D eigenvalue weighted by Crippen LogP contribution is -2.40. The van der Waals surface area contributed by atoms with Gasteiger partial charge in [-0.2, -0.15) is 0 Å². The summed E-state index contributed by atoms with van der Waals surface area (Å²) in [4.78, 5) is 37.1. The molecule has 9 nitrogen and oxygen atoms in total. The van der Waals surface area contributed by atoms with Crippen LogP contribution in [0, 0.1) is 11.8 Å². The van der Waals surface area contributed by atoms with Crippen molar-refractivity contribution in [3.63, 3.8) is 0 Å². The SMILES string of the molecule is C=C1CCC(n2c(=O)n(C)c3c(C#CCCOCCCCNC(=O)OC(C)(C)C)cccc32)C(=O)N1. The maximum absolute atomic E-state index is 13.0. The number of hydrogen-bond acceptors (Lipinski definition) is 5. The van der Waals surface area contributed by atoms with Crippen LogP contribution in [-0.2, 0) is 21.3 Å². The number of nitrogens with one attached hydrogen (secondary N) is 2. The van der Waals surface area contributed by atoms with E-state index in [2.05, 4.69) is 29.1 Å². The zero-order valence-corrected chi connectivity index (χ0v) is 21.6. The number of nitrogens with zero attached hydrogens (tertiary/aromatic N) is 2. The van der Waals surface area contributed by atoms with Crippen molar-refractivity contribution in [3.05, 3.63) is 46.5 Å². The number of ether oxygens (including phenoxy) is 2. The van der Waals surface area contributed by atoms with Crippen molar-refractivity contribution >= 4 is 23.0 Å². The standard InChI is InChI=1S/C27H36N4O5/c1-19-14-15-22(24(32)29-19)31-21-13-10-12-20(23(21)30(5)26(31)34)11-6-8-17-35-18-9-7-16-28-25(33)36-27(2,3)4/h10,12-13,22H,1,7-9,14-18H2,2-5H3,(H,28,33)(H,29,32). The Hall–Kier alpha value is -3.51. The molecule has 0 radical (unpaired) electrons. The van der Waals surface area contributed by atoms with Crippen molar-refractivity contribution in [1.29, 1.82) is 0 Å². The van der Waals surface area contributed by atoms with Crippen molar-refractivity contribution in [1.82, 2.24) is 19.8 Å². The van der Waals surface area contributed by atoms with Crippen LogP contribution in [0.2, 0.25) is 0 Å². The maximum Gasteiger partial charge on any atom is 0.407 e. The predicted octanol–water partition coefficient (Wildman–Crippen LogP) is 3.37. The number of carbonyl (C=O) groups excluding carboxylic acids is 2. The first-order chi connectivity index (χ1) is 17.1. The molecule has 9 heteroatoms. The van der Waals surface area contributed by atoms with Crippen LogP contribution in [0.4, 0.5) is 4.79 Å². The summed E-state index contributed by atoms with van der Waals surface area (Å²) < 4.78 is 13.9. The first-order valence-corrected chi connectivity index (χ1v) is 12.3. The number of benzene rings is 1. The molecule has 0 bridgehead atoms. The quantitative estimate of drug-likeness (QED) is 0.431. The van der Waals surface area contributed by atoms with E-state index in [0.29, 0.717) is 55.8 Å². The minimum absolute atomic E-state index is 0.213. The Balaban J connectivity index is 1.50. The summed E-state index contributed by atoms with van der Waals surface area (Å²) in [5.41, 5.74) is 2.08. The second kappa shape index (κ2) is 12.0. The average Bonchev–Trinajstić information content (AvgIpc) is 3.05. The second-order valence-electron chi connectivity index (χ2n) is 9.83. The summed E-state index contributed by atoms with van der Waals surface area (Å²) in [5.74, 6) is 6.06. The van der Waals surface area contributed by atoms with Crippen molar-refractivity contribution < 1.29 is 19.1 Å². The molecule has 2 amide bonds. The number of imidazole rings is 1. The highest BCUT2D eigenvalue weighted by molar-refractivity contribution is 5.88. The Morgan fingerprint density at radius 3 is 2.75 bits per heavy atom. The molecule has 1 aromatic carbocycles. The number of piperidine rings is 1. The van der Waals surface area contributed by atoms with E-state index in [1.807, 2.05) is 39.0 Å². The van der Waals surface area contributed by atoms with E-state index in [1.165, 1.54) is 0 Å². The molecule has 2 N–H and O–H groups in total. The summed E-state index contributed by atoms with van der Waals surface area (Å²) in [5, 5.41) is 5.49. The van der Waals surface area contributed by atoms with E-state index >= 15 is 0 Å². The zero-order chi connectivity index (χ0) is 26.3. The van der Waals surface area contributed by atoms with Crippen LogP contribution >= 0.6 is 0 Å². The van der Waals surface area contributed by atoms with E-state index in [-0.39, 0.29) is 11.6 Å². The van der Waals surface area contributed by atoms with Gasteiger partial charge in [-0.05, 0) is 58.6 Å². The molecule has 1 aliphatic heterocycles. The third-order valence-corrected chi connectivity index (χ3v) is 5.71. The number of aromatic nitrogens is 2. The van der Waals surface area contributed by atoms with Crippen molar-refractivity contribution in [2.24, 2.45) is 7.05 Å².